The zero-order valence-corrected chi connectivity index (χ0v) is 19.6. The molecule has 1 N–H and O–H groups in total. The summed E-state index contributed by atoms with van der Waals surface area (Å²) < 4.78 is 8.08. The van der Waals surface area contributed by atoms with Crippen LogP contribution < -0.4 is 10.1 Å². The highest BCUT2D eigenvalue weighted by Gasteiger charge is 2.26. The van der Waals surface area contributed by atoms with Crippen molar-refractivity contribution in [3.8, 4) is 5.75 Å². The second kappa shape index (κ2) is 10.2. The van der Waals surface area contributed by atoms with Gasteiger partial charge in [0.25, 0.3) is 0 Å². The fraction of sp³-hybridized carbons (Fsp3) is 0.444. The van der Waals surface area contributed by atoms with Gasteiger partial charge in [0, 0.05) is 47.7 Å². The van der Waals surface area contributed by atoms with Gasteiger partial charge in [-0.25, -0.2) is 0 Å². The van der Waals surface area contributed by atoms with Crippen LogP contribution in [0, 0.1) is 12.8 Å². The van der Waals surface area contributed by atoms with E-state index in [2.05, 4.69) is 52.9 Å². The lowest BCUT2D eigenvalue weighted by molar-refractivity contribution is -0.126. The highest BCUT2D eigenvalue weighted by molar-refractivity contribution is 5.85. The molecule has 5 heteroatoms. The Bertz CT molecular complexity index is 1060. The van der Waals surface area contributed by atoms with Crippen LogP contribution in [0.2, 0.25) is 0 Å². The quantitative estimate of drug-likeness (QED) is 0.550. The predicted molar refractivity (Wildman–Crippen MR) is 130 cm³/mol. The molecule has 0 atom stereocenters. The lowest BCUT2D eigenvalue weighted by atomic mass is 9.95. The normalized spacial score (nSPS) is 15.2. The molecule has 5 nitrogen and oxygen atoms in total. The van der Waals surface area contributed by atoms with Gasteiger partial charge in [0.1, 0.15) is 5.75 Å². The summed E-state index contributed by atoms with van der Waals surface area (Å²) >= 11 is 0. The number of para-hydroxylation sites is 2. The van der Waals surface area contributed by atoms with Crippen LogP contribution in [-0.4, -0.2) is 35.1 Å². The number of piperidine rings is 1. The summed E-state index contributed by atoms with van der Waals surface area (Å²) in [6, 6.07) is 16.6. The number of carbonyl (C=O) groups excluding carboxylic acids is 1. The highest BCUT2D eigenvalue weighted by atomic mass is 16.5. The van der Waals surface area contributed by atoms with Crippen LogP contribution in [0.3, 0.4) is 0 Å². The van der Waals surface area contributed by atoms with Crippen molar-refractivity contribution in [1.29, 1.82) is 0 Å². The van der Waals surface area contributed by atoms with Gasteiger partial charge in [0.15, 0.2) is 0 Å². The summed E-state index contributed by atoms with van der Waals surface area (Å²) in [4.78, 5) is 15.3. The van der Waals surface area contributed by atoms with Crippen LogP contribution in [0.5, 0.6) is 5.75 Å². The molecule has 1 aromatic heterocycles. The molecule has 1 amide bonds. The Morgan fingerprint density at radius 1 is 1.06 bits per heavy atom. The number of benzene rings is 2. The number of hydrogen-bond donors (Lipinski definition) is 1. The molecular formula is C27H35N3O2. The molecule has 2 aromatic carbocycles. The van der Waals surface area contributed by atoms with Crippen molar-refractivity contribution in [3.63, 3.8) is 0 Å². The lowest BCUT2D eigenvalue weighted by Crippen LogP contribution is -2.40. The molecule has 170 valence electrons. The smallest absolute Gasteiger partial charge is 0.223 e. The number of aryl methyl sites for hydroxylation is 1. The average molecular weight is 434 g/mol. The van der Waals surface area contributed by atoms with Crippen LogP contribution in [0.1, 0.15) is 43.5 Å². The molecule has 32 heavy (non-hydrogen) atoms. The van der Waals surface area contributed by atoms with Crippen LogP contribution in [0.15, 0.2) is 48.5 Å². The standard InChI is InChI=1S/C27H35N3O2/c1-4-30-20(3)24(23-11-7-8-12-25(23)30)19-29-16-14-21(15-17-29)27(31)28-18-22-10-6-9-13-26(22)32-5-2/h6-13,21H,4-5,14-19H2,1-3H3,(H,28,31). The molecule has 0 unspecified atom stereocenters. The Morgan fingerprint density at radius 2 is 1.78 bits per heavy atom. The molecule has 0 radical (unpaired) electrons. The molecule has 1 aliphatic rings. The van der Waals surface area contributed by atoms with Crippen molar-refractivity contribution in [2.45, 2.75) is 53.2 Å². The Kier molecular flexibility index (Phi) is 7.15. The molecule has 0 aliphatic carbocycles. The van der Waals surface area contributed by atoms with E-state index in [0.29, 0.717) is 13.2 Å². The highest BCUT2D eigenvalue weighted by Crippen LogP contribution is 2.29. The molecule has 3 aromatic rings. The van der Waals surface area contributed by atoms with Crippen LogP contribution in [0.4, 0.5) is 0 Å². The summed E-state index contributed by atoms with van der Waals surface area (Å²) in [5.41, 5.74) is 5.14. The van der Waals surface area contributed by atoms with Gasteiger partial charge in [-0.2, -0.15) is 0 Å². The van der Waals surface area contributed by atoms with Gasteiger partial charge in [-0.3, -0.25) is 9.69 Å². The maximum Gasteiger partial charge on any atom is 0.223 e. The van der Waals surface area contributed by atoms with Gasteiger partial charge >= 0.3 is 0 Å². The number of amides is 1. The van der Waals surface area contributed by atoms with Gasteiger partial charge in [-0.15, -0.1) is 0 Å². The third-order valence-corrected chi connectivity index (χ3v) is 6.74. The van der Waals surface area contributed by atoms with E-state index in [4.69, 9.17) is 4.74 Å². The van der Waals surface area contributed by atoms with Gasteiger partial charge in [0.2, 0.25) is 5.91 Å². The fourth-order valence-electron chi connectivity index (χ4n) is 4.96. The Hall–Kier alpha value is -2.79. The third-order valence-electron chi connectivity index (χ3n) is 6.74. The number of ether oxygens (including phenoxy) is 1. The SMILES string of the molecule is CCOc1ccccc1CNC(=O)C1CCN(Cc2c(C)n(CC)c3ccccc23)CC1. The van der Waals surface area contributed by atoms with Crippen molar-refractivity contribution in [3.05, 3.63) is 65.4 Å². The first-order chi connectivity index (χ1) is 15.6. The van der Waals surface area contributed by atoms with Crippen molar-refractivity contribution in [1.82, 2.24) is 14.8 Å². The number of carbonyl (C=O) groups is 1. The molecule has 0 saturated carbocycles. The summed E-state index contributed by atoms with van der Waals surface area (Å²) in [5.74, 6) is 1.10. The summed E-state index contributed by atoms with van der Waals surface area (Å²) in [7, 11) is 0. The van der Waals surface area contributed by atoms with Crippen molar-refractivity contribution in [2.75, 3.05) is 19.7 Å². The van der Waals surface area contributed by atoms with E-state index in [1.807, 2.05) is 31.2 Å². The van der Waals surface area contributed by atoms with Crippen molar-refractivity contribution >= 4 is 16.8 Å². The van der Waals surface area contributed by atoms with E-state index >= 15 is 0 Å². The molecule has 4 rings (SSSR count). The van der Waals surface area contributed by atoms with E-state index in [1.54, 1.807) is 0 Å². The van der Waals surface area contributed by atoms with Crippen LogP contribution in [0.25, 0.3) is 10.9 Å². The number of nitrogens with zero attached hydrogens (tertiary/aromatic N) is 2. The molecule has 0 spiro atoms. The number of aromatic nitrogens is 1. The lowest BCUT2D eigenvalue weighted by Gasteiger charge is -2.31. The molecule has 1 fully saturated rings. The second-order valence-electron chi connectivity index (χ2n) is 8.63. The molecular weight excluding hydrogens is 398 g/mol. The second-order valence-corrected chi connectivity index (χ2v) is 8.63. The van der Waals surface area contributed by atoms with E-state index in [1.165, 1.54) is 22.2 Å². The zero-order valence-electron chi connectivity index (χ0n) is 19.6. The molecule has 1 saturated heterocycles. The maximum absolute atomic E-state index is 12.8. The summed E-state index contributed by atoms with van der Waals surface area (Å²) in [6.07, 6.45) is 1.81. The van der Waals surface area contributed by atoms with E-state index in [0.717, 1.165) is 50.3 Å². The number of hydrogen-bond acceptors (Lipinski definition) is 3. The number of fused-ring (bicyclic) bond motifs is 1. The van der Waals surface area contributed by atoms with E-state index < -0.39 is 0 Å². The van der Waals surface area contributed by atoms with Crippen LogP contribution >= 0.6 is 0 Å². The number of likely N-dealkylation sites (tertiary alicyclic amines) is 1. The minimum atomic E-state index is 0.0867. The zero-order chi connectivity index (χ0) is 22.5. The number of rotatable bonds is 8. The van der Waals surface area contributed by atoms with Crippen molar-refractivity contribution in [2.24, 2.45) is 5.92 Å². The molecule has 2 heterocycles. The predicted octanol–water partition coefficient (Wildman–Crippen LogP) is 4.90. The maximum atomic E-state index is 12.8. The fourth-order valence-corrected chi connectivity index (χ4v) is 4.96. The summed E-state index contributed by atoms with van der Waals surface area (Å²) in [6.45, 7) is 11.4. The first-order valence-corrected chi connectivity index (χ1v) is 11.9. The monoisotopic (exact) mass is 433 g/mol. The van der Waals surface area contributed by atoms with Gasteiger partial charge in [-0.05, 0) is 64.4 Å². The molecule has 0 bridgehead atoms. The van der Waals surface area contributed by atoms with Gasteiger partial charge in [0.05, 0.1) is 6.61 Å². The third kappa shape index (κ3) is 4.68. The Balaban J connectivity index is 1.34. The van der Waals surface area contributed by atoms with Gasteiger partial charge < -0.3 is 14.6 Å². The Morgan fingerprint density at radius 3 is 2.53 bits per heavy atom. The molecule has 1 aliphatic heterocycles. The van der Waals surface area contributed by atoms with Crippen LogP contribution in [-0.2, 0) is 24.4 Å². The minimum Gasteiger partial charge on any atom is -0.494 e. The summed E-state index contributed by atoms with van der Waals surface area (Å²) in [5, 5.41) is 4.50. The van der Waals surface area contributed by atoms with Gasteiger partial charge in [-0.1, -0.05) is 36.4 Å². The topological polar surface area (TPSA) is 46.5 Å². The first kappa shape index (κ1) is 22.4. The average Bonchev–Trinajstić information content (AvgIpc) is 3.09. The number of nitrogens with one attached hydrogen (secondary N) is 1. The largest absolute Gasteiger partial charge is 0.494 e. The first-order valence-electron chi connectivity index (χ1n) is 11.9. The Labute approximate surface area is 191 Å². The van der Waals surface area contributed by atoms with Crippen molar-refractivity contribution < 1.29 is 9.53 Å². The van der Waals surface area contributed by atoms with E-state index in [-0.39, 0.29) is 11.8 Å². The van der Waals surface area contributed by atoms with E-state index in [9.17, 15) is 4.79 Å². The minimum absolute atomic E-state index is 0.0867.